The Kier molecular flexibility index (Phi) is 4.22. The van der Waals surface area contributed by atoms with E-state index in [0.29, 0.717) is 5.41 Å². The predicted molar refractivity (Wildman–Crippen MR) is 63.9 cm³/mol. The van der Waals surface area contributed by atoms with Gasteiger partial charge in [-0.15, -0.1) is 0 Å². The normalized spacial score (nSPS) is 12.1. The van der Waals surface area contributed by atoms with Crippen LogP contribution in [0, 0.1) is 5.41 Å². The molecule has 1 aromatic rings. The Morgan fingerprint density at radius 2 is 2.13 bits per heavy atom. The predicted octanol–water partition coefficient (Wildman–Crippen LogP) is 2.44. The molecule has 0 radical (unpaired) electrons. The van der Waals surface area contributed by atoms with Gasteiger partial charge >= 0.3 is 0 Å². The van der Waals surface area contributed by atoms with Gasteiger partial charge in [-0.2, -0.15) is 0 Å². The third-order valence-electron chi connectivity index (χ3n) is 2.29. The average Bonchev–Trinajstić information content (AvgIpc) is 2.46. The van der Waals surface area contributed by atoms with Crippen LogP contribution in [0.25, 0.3) is 0 Å². The minimum atomic E-state index is 0.0589. The number of aromatic nitrogens is 2. The van der Waals surface area contributed by atoms with E-state index < -0.39 is 0 Å². The van der Waals surface area contributed by atoms with E-state index in [1.54, 1.807) is 18.0 Å². The molecule has 0 spiro atoms. The molecule has 0 amide bonds. The Morgan fingerprint density at radius 1 is 1.47 bits per heavy atom. The molecule has 86 valence electrons. The number of aliphatic hydroxyl groups excluding tert-OH is 1. The first-order chi connectivity index (χ1) is 6.94. The van der Waals surface area contributed by atoms with Crippen LogP contribution >= 0.6 is 11.8 Å². The molecule has 1 rings (SSSR count). The Labute approximate surface area is 95.9 Å². The highest BCUT2D eigenvalue weighted by Gasteiger charge is 2.11. The zero-order valence-corrected chi connectivity index (χ0v) is 10.8. The van der Waals surface area contributed by atoms with Gasteiger partial charge < -0.3 is 9.67 Å². The molecular formula is C11H20N2OS. The van der Waals surface area contributed by atoms with Crippen molar-refractivity contribution < 1.29 is 5.11 Å². The Bertz CT molecular complexity index is 315. The first kappa shape index (κ1) is 12.6. The highest BCUT2D eigenvalue weighted by molar-refractivity contribution is 7.99. The van der Waals surface area contributed by atoms with Crippen molar-refractivity contribution in [2.45, 2.75) is 39.0 Å². The van der Waals surface area contributed by atoms with Crippen LogP contribution in [-0.4, -0.2) is 20.4 Å². The van der Waals surface area contributed by atoms with Gasteiger partial charge in [-0.25, -0.2) is 4.98 Å². The fraction of sp³-hybridized carbons (Fsp3) is 0.727. The van der Waals surface area contributed by atoms with E-state index in [1.807, 2.05) is 11.6 Å². The molecule has 0 atom stereocenters. The molecule has 0 bridgehead atoms. The number of rotatable bonds is 4. The number of aliphatic hydroxyl groups is 1. The van der Waals surface area contributed by atoms with Gasteiger partial charge in [-0.3, -0.25) is 0 Å². The van der Waals surface area contributed by atoms with Crippen molar-refractivity contribution in [2.75, 3.05) is 5.75 Å². The Hall–Kier alpha value is -0.480. The SMILES string of the molecule is Cn1c(CO)cnc1SCCC(C)(C)C. The number of nitrogens with zero attached hydrogens (tertiary/aromatic N) is 2. The van der Waals surface area contributed by atoms with Gasteiger partial charge in [0.15, 0.2) is 5.16 Å². The van der Waals surface area contributed by atoms with Crippen LogP contribution in [0.4, 0.5) is 0 Å². The zero-order valence-electron chi connectivity index (χ0n) is 9.95. The fourth-order valence-electron chi connectivity index (χ4n) is 1.16. The largest absolute Gasteiger partial charge is 0.390 e. The van der Waals surface area contributed by atoms with E-state index in [1.165, 1.54) is 6.42 Å². The molecule has 0 unspecified atom stereocenters. The van der Waals surface area contributed by atoms with Crippen molar-refractivity contribution in [3.8, 4) is 0 Å². The average molecular weight is 228 g/mol. The number of imidazole rings is 1. The number of thioether (sulfide) groups is 1. The smallest absolute Gasteiger partial charge is 0.167 e. The highest BCUT2D eigenvalue weighted by Crippen LogP contribution is 2.25. The molecule has 0 aromatic carbocycles. The maximum atomic E-state index is 9.02. The minimum Gasteiger partial charge on any atom is -0.390 e. The van der Waals surface area contributed by atoms with E-state index in [0.717, 1.165) is 16.6 Å². The molecule has 4 heteroatoms. The van der Waals surface area contributed by atoms with E-state index in [9.17, 15) is 0 Å². The lowest BCUT2D eigenvalue weighted by Crippen LogP contribution is -2.06. The van der Waals surface area contributed by atoms with Crippen molar-refractivity contribution in [1.82, 2.24) is 9.55 Å². The summed E-state index contributed by atoms with van der Waals surface area (Å²) in [6, 6.07) is 0. The third kappa shape index (κ3) is 3.87. The summed E-state index contributed by atoms with van der Waals surface area (Å²) in [5.41, 5.74) is 1.24. The molecule has 1 aromatic heterocycles. The van der Waals surface area contributed by atoms with Crippen LogP contribution in [0.2, 0.25) is 0 Å². The number of hydrogen-bond acceptors (Lipinski definition) is 3. The summed E-state index contributed by atoms with van der Waals surface area (Å²) in [6.07, 6.45) is 2.90. The molecular weight excluding hydrogens is 208 g/mol. The lowest BCUT2D eigenvalue weighted by molar-refractivity contribution is 0.271. The van der Waals surface area contributed by atoms with E-state index in [2.05, 4.69) is 25.8 Å². The van der Waals surface area contributed by atoms with Gasteiger partial charge in [0.2, 0.25) is 0 Å². The van der Waals surface area contributed by atoms with Gasteiger partial charge in [0, 0.05) is 12.8 Å². The van der Waals surface area contributed by atoms with E-state index >= 15 is 0 Å². The lowest BCUT2D eigenvalue weighted by Gasteiger charge is -2.17. The summed E-state index contributed by atoms with van der Waals surface area (Å²) >= 11 is 1.75. The topological polar surface area (TPSA) is 38.0 Å². The summed E-state index contributed by atoms with van der Waals surface area (Å²) in [6.45, 7) is 6.78. The molecule has 3 nitrogen and oxygen atoms in total. The van der Waals surface area contributed by atoms with Gasteiger partial charge in [0.05, 0.1) is 18.5 Å². The van der Waals surface area contributed by atoms with Gasteiger partial charge in [-0.1, -0.05) is 32.5 Å². The van der Waals surface area contributed by atoms with Crippen LogP contribution in [0.5, 0.6) is 0 Å². The maximum Gasteiger partial charge on any atom is 0.167 e. The van der Waals surface area contributed by atoms with E-state index in [4.69, 9.17) is 5.11 Å². The molecule has 0 saturated heterocycles. The van der Waals surface area contributed by atoms with Gasteiger partial charge in [0.25, 0.3) is 0 Å². The third-order valence-corrected chi connectivity index (χ3v) is 3.33. The second-order valence-electron chi connectivity index (χ2n) is 4.91. The molecule has 0 aliphatic carbocycles. The van der Waals surface area contributed by atoms with Crippen molar-refractivity contribution in [3.05, 3.63) is 11.9 Å². The molecule has 0 aliphatic rings. The first-order valence-electron chi connectivity index (χ1n) is 5.18. The number of hydrogen-bond donors (Lipinski definition) is 1. The summed E-state index contributed by atoms with van der Waals surface area (Å²) in [5.74, 6) is 1.07. The van der Waals surface area contributed by atoms with Crippen LogP contribution in [0.1, 0.15) is 32.9 Å². The molecule has 15 heavy (non-hydrogen) atoms. The van der Waals surface area contributed by atoms with Crippen molar-refractivity contribution in [1.29, 1.82) is 0 Å². The summed E-state index contributed by atoms with van der Waals surface area (Å²) in [4.78, 5) is 4.27. The molecule has 1 heterocycles. The Balaban J connectivity index is 2.48. The second kappa shape index (κ2) is 5.03. The minimum absolute atomic E-state index is 0.0589. The van der Waals surface area contributed by atoms with Crippen LogP contribution < -0.4 is 0 Å². The lowest BCUT2D eigenvalue weighted by atomic mass is 9.94. The molecule has 1 N–H and O–H groups in total. The van der Waals surface area contributed by atoms with Gasteiger partial charge in [0.1, 0.15) is 0 Å². The summed E-state index contributed by atoms with van der Waals surface area (Å²) in [5, 5.41) is 10.0. The van der Waals surface area contributed by atoms with Crippen LogP contribution in [0.15, 0.2) is 11.4 Å². The van der Waals surface area contributed by atoms with Crippen molar-refractivity contribution in [2.24, 2.45) is 12.5 Å². The van der Waals surface area contributed by atoms with Gasteiger partial charge in [-0.05, 0) is 11.8 Å². The maximum absolute atomic E-state index is 9.02. The summed E-state index contributed by atoms with van der Waals surface area (Å²) in [7, 11) is 1.94. The Morgan fingerprint density at radius 3 is 2.60 bits per heavy atom. The monoisotopic (exact) mass is 228 g/mol. The fourth-order valence-corrected chi connectivity index (χ4v) is 2.49. The first-order valence-corrected chi connectivity index (χ1v) is 6.17. The summed E-state index contributed by atoms with van der Waals surface area (Å²) < 4.78 is 1.95. The van der Waals surface area contributed by atoms with Crippen LogP contribution in [0.3, 0.4) is 0 Å². The molecule has 0 aliphatic heterocycles. The molecule has 0 saturated carbocycles. The van der Waals surface area contributed by atoms with Crippen molar-refractivity contribution >= 4 is 11.8 Å². The quantitative estimate of drug-likeness (QED) is 0.804. The standard InChI is InChI=1S/C11H20N2OS/c1-11(2,3)5-6-15-10-12-7-9(8-14)13(10)4/h7,14H,5-6,8H2,1-4H3. The zero-order chi connectivity index (χ0) is 11.5. The highest BCUT2D eigenvalue weighted by atomic mass is 32.2. The second-order valence-corrected chi connectivity index (χ2v) is 5.97. The molecule has 0 fully saturated rings. The van der Waals surface area contributed by atoms with E-state index in [-0.39, 0.29) is 6.61 Å². The van der Waals surface area contributed by atoms with Crippen molar-refractivity contribution in [3.63, 3.8) is 0 Å². The van der Waals surface area contributed by atoms with Crippen LogP contribution in [-0.2, 0) is 13.7 Å².